The molecule has 1 saturated carbocycles. The number of hydrogen-bond acceptors (Lipinski definition) is 4. The van der Waals surface area contributed by atoms with E-state index in [4.69, 9.17) is 10.8 Å². The summed E-state index contributed by atoms with van der Waals surface area (Å²) in [7, 11) is 0. The highest BCUT2D eigenvalue weighted by Gasteiger charge is 2.28. The fourth-order valence-corrected chi connectivity index (χ4v) is 3.30. The molecule has 1 aliphatic rings. The first-order chi connectivity index (χ1) is 12.7. The largest absolute Gasteiger partial charge is 0.465 e. The Morgan fingerprint density at radius 1 is 1.11 bits per heavy atom. The number of carbonyl (C=O) groups is 4. The maximum Gasteiger partial charge on any atom is 0.404 e. The lowest BCUT2D eigenvalue weighted by molar-refractivity contribution is -0.131. The van der Waals surface area contributed by atoms with Gasteiger partial charge in [-0.25, -0.2) is 4.79 Å². The molecule has 1 fully saturated rings. The zero-order chi connectivity index (χ0) is 20.4. The van der Waals surface area contributed by atoms with Crippen molar-refractivity contribution in [3.63, 3.8) is 0 Å². The van der Waals surface area contributed by atoms with E-state index in [-0.39, 0.29) is 36.2 Å². The van der Waals surface area contributed by atoms with Gasteiger partial charge in [0.1, 0.15) is 6.04 Å². The second-order valence-electron chi connectivity index (χ2n) is 7.37. The van der Waals surface area contributed by atoms with Crippen LogP contribution in [0.15, 0.2) is 0 Å². The van der Waals surface area contributed by atoms with Gasteiger partial charge in [-0.2, -0.15) is 0 Å². The van der Waals surface area contributed by atoms with Crippen LogP contribution >= 0.6 is 0 Å². The molecule has 0 saturated heterocycles. The van der Waals surface area contributed by atoms with Crippen molar-refractivity contribution >= 4 is 23.8 Å². The first-order valence-electron chi connectivity index (χ1n) is 9.57. The maximum atomic E-state index is 12.6. The van der Waals surface area contributed by atoms with Crippen LogP contribution in [0.1, 0.15) is 58.8 Å². The summed E-state index contributed by atoms with van der Waals surface area (Å²) in [6.45, 7) is 3.67. The Morgan fingerprint density at radius 2 is 1.74 bits per heavy atom. The predicted molar refractivity (Wildman–Crippen MR) is 99.7 cm³/mol. The Balaban J connectivity index is 2.60. The molecule has 0 spiro atoms. The number of carbonyl (C=O) groups excluding carboxylic acids is 3. The van der Waals surface area contributed by atoms with Crippen LogP contribution in [0.25, 0.3) is 0 Å². The molecule has 6 N–H and O–H groups in total. The minimum absolute atomic E-state index is 0.0650. The van der Waals surface area contributed by atoms with Crippen molar-refractivity contribution in [2.24, 2.45) is 17.6 Å². The lowest BCUT2D eigenvalue weighted by atomic mass is 10.0. The summed E-state index contributed by atoms with van der Waals surface area (Å²) in [5.41, 5.74) is 5.25. The second kappa shape index (κ2) is 11.4. The number of nitrogens with two attached hydrogens (primary N) is 1. The molecule has 0 aromatic carbocycles. The van der Waals surface area contributed by atoms with Gasteiger partial charge in [0.25, 0.3) is 0 Å². The van der Waals surface area contributed by atoms with Crippen LogP contribution < -0.4 is 21.7 Å². The van der Waals surface area contributed by atoms with Gasteiger partial charge in [-0.3, -0.25) is 14.4 Å². The van der Waals surface area contributed by atoms with Crippen LogP contribution in [0, 0.1) is 11.8 Å². The third kappa shape index (κ3) is 8.74. The highest BCUT2D eigenvalue weighted by Crippen LogP contribution is 2.24. The molecule has 9 heteroatoms. The first kappa shape index (κ1) is 22.7. The zero-order valence-corrected chi connectivity index (χ0v) is 16.1. The molecule has 0 aromatic rings. The third-order valence-corrected chi connectivity index (χ3v) is 4.89. The Labute approximate surface area is 159 Å². The topological polar surface area (TPSA) is 151 Å². The molecule has 0 radical (unpaired) electrons. The summed E-state index contributed by atoms with van der Waals surface area (Å²) in [6, 6.07) is -1.01. The highest BCUT2D eigenvalue weighted by molar-refractivity contribution is 5.88. The molecular formula is C18H32N4O5. The van der Waals surface area contributed by atoms with Crippen molar-refractivity contribution in [3.05, 3.63) is 0 Å². The lowest BCUT2D eigenvalue weighted by Gasteiger charge is -2.23. The standard InChI is InChI=1S/C18H32N4O5/c1-11(15(19)23)10-12(2)21-17(25)14(8-5-9-20-18(26)27)22-16(24)13-6-3-4-7-13/h11-14,20H,3-10H2,1-2H3,(H2,19,23)(H,21,25)(H,22,24)(H,26,27)/t11-,12-,14-/m0/s1. The van der Waals surface area contributed by atoms with E-state index in [0.717, 1.165) is 25.7 Å². The summed E-state index contributed by atoms with van der Waals surface area (Å²) >= 11 is 0. The van der Waals surface area contributed by atoms with Gasteiger partial charge in [0.2, 0.25) is 17.7 Å². The van der Waals surface area contributed by atoms with Gasteiger partial charge >= 0.3 is 6.09 Å². The smallest absolute Gasteiger partial charge is 0.404 e. The average Bonchev–Trinajstić information content (AvgIpc) is 3.11. The number of hydrogen-bond donors (Lipinski definition) is 5. The molecule has 0 heterocycles. The van der Waals surface area contributed by atoms with Gasteiger partial charge in [-0.1, -0.05) is 19.8 Å². The van der Waals surface area contributed by atoms with Crippen LogP contribution in [-0.4, -0.2) is 47.5 Å². The minimum Gasteiger partial charge on any atom is -0.465 e. The van der Waals surface area contributed by atoms with Crippen LogP contribution in [0.2, 0.25) is 0 Å². The van der Waals surface area contributed by atoms with Crippen LogP contribution in [-0.2, 0) is 14.4 Å². The van der Waals surface area contributed by atoms with E-state index in [1.807, 2.05) is 0 Å². The lowest BCUT2D eigenvalue weighted by Crippen LogP contribution is -2.50. The Morgan fingerprint density at radius 3 is 2.30 bits per heavy atom. The average molecular weight is 384 g/mol. The summed E-state index contributed by atoms with van der Waals surface area (Å²) in [5.74, 6) is -1.32. The molecule has 9 nitrogen and oxygen atoms in total. The van der Waals surface area contributed by atoms with Gasteiger partial charge in [-0.05, 0) is 39.0 Å². The molecule has 154 valence electrons. The third-order valence-electron chi connectivity index (χ3n) is 4.89. The van der Waals surface area contributed by atoms with Crippen LogP contribution in [0.4, 0.5) is 4.79 Å². The van der Waals surface area contributed by atoms with Crippen molar-refractivity contribution in [2.45, 2.75) is 70.9 Å². The van der Waals surface area contributed by atoms with Crippen molar-refractivity contribution in [1.82, 2.24) is 16.0 Å². The van der Waals surface area contributed by atoms with Gasteiger partial charge < -0.3 is 26.8 Å². The molecule has 0 bridgehead atoms. The highest BCUT2D eigenvalue weighted by atomic mass is 16.4. The molecule has 4 amide bonds. The van der Waals surface area contributed by atoms with Crippen molar-refractivity contribution in [2.75, 3.05) is 6.54 Å². The quantitative estimate of drug-likeness (QED) is 0.333. The Hall–Kier alpha value is -2.32. The van der Waals surface area contributed by atoms with E-state index < -0.39 is 18.0 Å². The SMILES string of the molecule is C[C@@H](C[C@H](C)C(N)=O)NC(=O)[C@H](CCCNC(=O)O)NC(=O)C1CCCC1. The van der Waals surface area contributed by atoms with Crippen molar-refractivity contribution in [3.8, 4) is 0 Å². The van der Waals surface area contributed by atoms with E-state index in [2.05, 4.69) is 16.0 Å². The molecule has 1 aliphatic carbocycles. The van der Waals surface area contributed by atoms with Crippen molar-refractivity contribution < 1.29 is 24.3 Å². The van der Waals surface area contributed by atoms with Gasteiger partial charge in [0, 0.05) is 24.4 Å². The summed E-state index contributed by atoms with van der Waals surface area (Å²) in [6.07, 6.45) is 3.70. The van der Waals surface area contributed by atoms with Crippen LogP contribution in [0.5, 0.6) is 0 Å². The zero-order valence-electron chi connectivity index (χ0n) is 16.1. The predicted octanol–water partition coefficient (Wildman–Crippen LogP) is 0.725. The van der Waals surface area contributed by atoms with E-state index in [1.54, 1.807) is 13.8 Å². The second-order valence-corrected chi connectivity index (χ2v) is 7.37. The molecular weight excluding hydrogens is 352 g/mol. The van der Waals surface area contributed by atoms with Crippen molar-refractivity contribution in [1.29, 1.82) is 0 Å². The molecule has 0 aromatic heterocycles. The normalized spacial score (nSPS) is 17.6. The summed E-state index contributed by atoms with van der Waals surface area (Å²) in [4.78, 5) is 46.7. The van der Waals surface area contributed by atoms with E-state index in [0.29, 0.717) is 19.3 Å². The molecule has 0 aliphatic heterocycles. The molecule has 3 atom stereocenters. The fourth-order valence-electron chi connectivity index (χ4n) is 3.30. The molecule has 0 unspecified atom stereocenters. The Kier molecular flexibility index (Phi) is 9.60. The van der Waals surface area contributed by atoms with Gasteiger partial charge in [0.05, 0.1) is 0 Å². The van der Waals surface area contributed by atoms with Crippen LogP contribution in [0.3, 0.4) is 0 Å². The van der Waals surface area contributed by atoms with Gasteiger partial charge in [-0.15, -0.1) is 0 Å². The summed E-state index contributed by atoms with van der Waals surface area (Å²) < 4.78 is 0. The number of amides is 4. The van der Waals surface area contributed by atoms with E-state index in [9.17, 15) is 19.2 Å². The molecule has 27 heavy (non-hydrogen) atoms. The first-order valence-corrected chi connectivity index (χ1v) is 9.57. The monoisotopic (exact) mass is 384 g/mol. The number of nitrogens with one attached hydrogen (secondary N) is 3. The minimum atomic E-state index is -1.12. The van der Waals surface area contributed by atoms with E-state index in [1.165, 1.54) is 0 Å². The molecule has 1 rings (SSSR count). The fraction of sp³-hybridized carbons (Fsp3) is 0.778. The number of rotatable bonds is 11. The van der Waals surface area contributed by atoms with Gasteiger partial charge in [0.15, 0.2) is 0 Å². The number of primary amides is 1. The van der Waals surface area contributed by atoms with E-state index >= 15 is 0 Å². The Bertz CT molecular complexity index is 534. The number of carboxylic acid groups (broad SMARTS) is 1. The summed E-state index contributed by atoms with van der Waals surface area (Å²) in [5, 5.41) is 16.5. The maximum absolute atomic E-state index is 12.6.